The number of carbonyl (C=O) groups excluding carboxylic acids is 2. The van der Waals surface area contributed by atoms with E-state index in [2.05, 4.69) is 15.9 Å². The summed E-state index contributed by atoms with van der Waals surface area (Å²) in [6.07, 6.45) is 0. The van der Waals surface area contributed by atoms with Crippen molar-refractivity contribution in [1.29, 1.82) is 0 Å². The van der Waals surface area contributed by atoms with Crippen molar-refractivity contribution in [3.63, 3.8) is 0 Å². The Morgan fingerprint density at radius 3 is 1.77 bits per heavy atom. The van der Waals surface area contributed by atoms with Crippen LogP contribution in [0, 0.1) is 0 Å². The second-order valence-electron chi connectivity index (χ2n) is 5.40. The predicted molar refractivity (Wildman–Crippen MR) is 103 cm³/mol. The van der Waals surface area contributed by atoms with Crippen LogP contribution in [0.5, 0.6) is 11.5 Å². The number of carbonyl (C=O) groups is 2. The molecule has 2 aliphatic rings. The number of imide groups is 1. The molecule has 0 bridgehead atoms. The van der Waals surface area contributed by atoms with Gasteiger partial charge in [0.2, 0.25) is 0 Å². The van der Waals surface area contributed by atoms with Crippen molar-refractivity contribution in [2.24, 2.45) is 0 Å². The third kappa shape index (κ3) is 2.51. The Labute approximate surface area is 175 Å². The van der Waals surface area contributed by atoms with Crippen molar-refractivity contribution < 1.29 is 19.1 Å². The van der Waals surface area contributed by atoms with Gasteiger partial charge in [-0.05, 0) is 15.9 Å². The zero-order valence-corrected chi connectivity index (χ0v) is 17.1. The Morgan fingerprint density at radius 1 is 0.808 bits per heavy atom. The molecule has 0 atom stereocenters. The van der Waals surface area contributed by atoms with Crippen LogP contribution < -0.4 is 14.4 Å². The van der Waals surface area contributed by atoms with Gasteiger partial charge in [0.25, 0.3) is 11.8 Å². The van der Waals surface area contributed by atoms with E-state index >= 15 is 0 Å². The van der Waals surface area contributed by atoms with Gasteiger partial charge in [-0.1, -0.05) is 46.4 Å². The highest BCUT2D eigenvalue weighted by molar-refractivity contribution is 9.10. The fraction of sp³-hybridized carbons (Fsp3) is 0.125. The first-order valence-corrected chi connectivity index (χ1v) is 9.47. The monoisotopic (exact) mass is 495 g/mol. The van der Waals surface area contributed by atoms with Gasteiger partial charge in [-0.2, -0.15) is 0 Å². The molecule has 0 saturated heterocycles. The molecule has 2 aliphatic heterocycles. The lowest BCUT2D eigenvalue weighted by Crippen LogP contribution is -2.30. The number of rotatable bonds is 1. The number of amides is 2. The molecule has 2 amide bonds. The molecular weight excluding hydrogens is 492 g/mol. The molecule has 2 heterocycles. The van der Waals surface area contributed by atoms with E-state index in [1.165, 1.54) is 6.07 Å². The molecule has 26 heavy (non-hydrogen) atoms. The second-order valence-corrected chi connectivity index (χ2v) is 7.77. The van der Waals surface area contributed by atoms with Crippen molar-refractivity contribution in [1.82, 2.24) is 0 Å². The summed E-state index contributed by atoms with van der Waals surface area (Å²) in [7, 11) is 0. The average molecular weight is 498 g/mol. The van der Waals surface area contributed by atoms with Gasteiger partial charge in [0.1, 0.15) is 13.2 Å². The van der Waals surface area contributed by atoms with E-state index in [1.54, 1.807) is 6.07 Å². The molecule has 0 spiro atoms. The Kier molecular flexibility index (Phi) is 4.52. The first-order chi connectivity index (χ1) is 12.3. The maximum absolute atomic E-state index is 12.9. The average Bonchev–Trinajstić information content (AvgIpc) is 2.88. The van der Waals surface area contributed by atoms with Crippen LogP contribution in [0.4, 0.5) is 5.69 Å². The van der Waals surface area contributed by atoms with Gasteiger partial charge in [-0.15, -0.1) is 0 Å². The molecule has 0 N–H and O–H groups in total. The summed E-state index contributed by atoms with van der Waals surface area (Å²) < 4.78 is 11.5. The van der Waals surface area contributed by atoms with Crippen molar-refractivity contribution >= 4 is 79.8 Å². The Hall–Kier alpha value is -1.18. The molecule has 0 aromatic heterocycles. The minimum absolute atomic E-state index is 0.0821. The highest BCUT2D eigenvalue weighted by Gasteiger charge is 2.43. The van der Waals surface area contributed by atoms with Crippen LogP contribution in [0.15, 0.2) is 16.6 Å². The molecule has 2 aromatic rings. The Morgan fingerprint density at radius 2 is 1.27 bits per heavy atom. The van der Waals surface area contributed by atoms with Crippen LogP contribution in [0.2, 0.25) is 20.1 Å². The highest BCUT2D eigenvalue weighted by Crippen LogP contribution is 2.48. The van der Waals surface area contributed by atoms with E-state index < -0.39 is 11.8 Å². The summed E-state index contributed by atoms with van der Waals surface area (Å²) in [5.41, 5.74) is 0.0931. The summed E-state index contributed by atoms with van der Waals surface area (Å²) in [6, 6.07) is 3.15. The molecule has 0 unspecified atom stereocenters. The van der Waals surface area contributed by atoms with Crippen molar-refractivity contribution in [2.45, 2.75) is 0 Å². The number of nitrogens with zero attached hydrogens (tertiary/aromatic N) is 1. The summed E-state index contributed by atoms with van der Waals surface area (Å²) in [4.78, 5) is 26.8. The SMILES string of the molecule is O=C1c2c(Cl)c(Cl)c(Cl)c(Cl)c2C(=O)N1c1cc2c(cc1Br)OCCO2. The summed E-state index contributed by atoms with van der Waals surface area (Å²) >= 11 is 27.7. The number of benzene rings is 2. The third-order valence-electron chi connectivity index (χ3n) is 3.95. The summed E-state index contributed by atoms with van der Waals surface area (Å²) in [5.74, 6) is -0.398. The molecule has 0 saturated carbocycles. The van der Waals surface area contributed by atoms with Crippen LogP contribution >= 0.6 is 62.3 Å². The van der Waals surface area contributed by atoms with Gasteiger partial charge in [0, 0.05) is 16.6 Å². The quantitative estimate of drug-likeness (QED) is 0.291. The minimum Gasteiger partial charge on any atom is -0.486 e. The van der Waals surface area contributed by atoms with Gasteiger partial charge in [0.05, 0.1) is 36.9 Å². The summed E-state index contributed by atoms with van der Waals surface area (Å²) in [6.45, 7) is 0.771. The largest absolute Gasteiger partial charge is 0.486 e. The number of halogens is 5. The van der Waals surface area contributed by atoms with Gasteiger partial charge in [-0.3, -0.25) is 9.59 Å². The molecule has 5 nitrogen and oxygen atoms in total. The van der Waals surface area contributed by atoms with Crippen molar-refractivity contribution in [3.05, 3.63) is 47.8 Å². The lowest BCUT2D eigenvalue weighted by Gasteiger charge is -2.22. The van der Waals surface area contributed by atoms with E-state index in [0.29, 0.717) is 29.2 Å². The van der Waals surface area contributed by atoms with E-state index in [0.717, 1.165) is 4.90 Å². The van der Waals surface area contributed by atoms with E-state index in [9.17, 15) is 9.59 Å². The first-order valence-electron chi connectivity index (χ1n) is 7.16. The topological polar surface area (TPSA) is 55.8 Å². The van der Waals surface area contributed by atoms with E-state index in [4.69, 9.17) is 55.9 Å². The third-order valence-corrected chi connectivity index (χ3v) is 6.39. The highest BCUT2D eigenvalue weighted by atomic mass is 79.9. The molecule has 0 fully saturated rings. The number of ether oxygens (including phenoxy) is 2. The molecule has 0 radical (unpaired) electrons. The van der Waals surface area contributed by atoms with Crippen molar-refractivity contribution in [3.8, 4) is 11.5 Å². The Balaban J connectivity index is 1.91. The van der Waals surface area contributed by atoms with Gasteiger partial charge >= 0.3 is 0 Å². The smallest absolute Gasteiger partial charge is 0.267 e. The van der Waals surface area contributed by atoms with E-state index in [-0.39, 0.29) is 36.9 Å². The van der Waals surface area contributed by atoms with Crippen LogP contribution in [-0.2, 0) is 0 Å². The molecule has 4 rings (SSSR count). The normalized spacial score (nSPS) is 15.5. The lowest BCUT2D eigenvalue weighted by atomic mass is 10.1. The first kappa shape index (κ1) is 18.2. The number of fused-ring (bicyclic) bond motifs is 2. The van der Waals surface area contributed by atoms with Gasteiger partial charge < -0.3 is 9.47 Å². The lowest BCUT2D eigenvalue weighted by molar-refractivity contribution is 0.0926. The standard InChI is InChI=1S/C16H6BrCl4NO4/c17-5-3-7-8(26-2-1-25-7)4-6(5)22-15(23)9-10(16(22)24)12(19)14(21)13(20)11(9)18/h3-4H,1-2H2. The summed E-state index contributed by atoms with van der Waals surface area (Å²) in [5, 5.41) is -0.404. The van der Waals surface area contributed by atoms with Gasteiger partial charge in [-0.25, -0.2) is 4.90 Å². The zero-order valence-electron chi connectivity index (χ0n) is 12.5. The second kappa shape index (κ2) is 6.46. The zero-order chi connectivity index (χ0) is 18.7. The van der Waals surface area contributed by atoms with Crippen LogP contribution in [0.1, 0.15) is 20.7 Å². The Bertz CT molecular complexity index is 964. The molecule has 10 heteroatoms. The van der Waals surface area contributed by atoms with E-state index in [1.807, 2.05) is 0 Å². The number of hydrogen-bond acceptors (Lipinski definition) is 4. The minimum atomic E-state index is -0.659. The maximum atomic E-state index is 12.9. The fourth-order valence-corrected chi connectivity index (χ4v) is 4.31. The number of anilines is 1. The molecule has 0 aliphatic carbocycles. The van der Waals surface area contributed by atoms with Crippen LogP contribution in [0.25, 0.3) is 0 Å². The predicted octanol–water partition coefficient (Wildman–Crippen LogP) is 5.63. The van der Waals surface area contributed by atoms with Gasteiger partial charge in [0.15, 0.2) is 11.5 Å². The molecule has 2 aromatic carbocycles. The molecular formula is C16H6BrCl4NO4. The van der Waals surface area contributed by atoms with Crippen LogP contribution in [0.3, 0.4) is 0 Å². The molecule has 134 valence electrons. The fourth-order valence-electron chi connectivity index (χ4n) is 2.79. The number of hydrogen-bond donors (Lipinski definition) is 0. The van der Waals surface area contributed by atoms with Crippen LogP contribution in [-0.4, -0.2) is 25.0 Å². The van der Waals surface area contributed by atoms with Crippen molar-refractivity contribution in [2.75, 3.05) is 18.1 Å². The maximum Gasteiger partial charge on any atom is 0.267 e.